The van der Waals surface area contributed by atoms with Crippen LogP contribution in [0.5, 0.6) is 0 Å². The molecule has 0 N–H and O–H groups in total. The Labute approximate surface area is 36.4 Å². The van der Waals surface area contributed by atoms with Crippen LogP contribution in [0.2, 0.25) is 0 Å². The van der Waals surface area contributed by atoms with Crippen LogP contribution in [0.25, 0.3) is 0 Å². The predicted molar refractivity (Wildman–Crippen MR) is 19.7 cm³/mol. The minimum Gasteiger partial charge on any atom is -0.336 e. The van der Waals surface area contributed by atoms with Gasteiger partial charge in [0.15, 0.2) is 6.79 Å². The fraction of sp³-hybridized carbons (Fsp3) is 1.00. The Balaban J connectivity index is 2.18. The van der Waals surface area contributed by atoms with Gasteiger partial charge in [0.25, 0.3) is 0 Å². The van der Waals surface area contributed by atoms with Crippen molar-refractivity contribution in [1.29, 1.82) is 0 Å². The van der Waals surface area contributed by atoms with Gasteiger partial charge in [-0.3, -0.25) is 4.84 Å². The smallest absolute Gasteiger partial charge is 0.169 e. The van der Waals surface area contributed by atoms with E-state index in [0.29, 0.717) is 13.5 Å². The molecule has 6 heavy (non-hydrogen) atoms. The minimum atomic E-state index is 0.413. The van der Waals surface area contributed by atoms with E-state index in [4.69, 9.17) is 9.57 Å². The van der Waals surface area contributed by atoms with Crippen molar-refractivity contribution < 1.29 is 9.57 Å². The van der Waals surface area contributed by atoms with Crippen LogP contribution in [0.3, 0.4) is 0 Å². The molecule has 1 fully saturated rings. The third kappa shape index (κ3) is 0.680. The number of hydrogen-bond acceptors (Lipinski definition) is 3. The quantitative estimate of drug-likeness (QED) is 0.410. The summed E-state index contributed by atoms with van der Waals surface area (Å²) in [4.78, 5) is 4.76. The van der Waals surface area contributed by atoms with Gasteiger partial charge < -0.3 is 4.74 Å². The summed E-state index contributed by atoms with van der Waals surface area (Å²) in [6.07, 6.45) is 0. The molecule has 0 spiro atoms. The standard InChI is InChI=1S/C3H7NO2/c1-4-2-5-3-6-4/h2-3H2,1H3. The van der Waals surface area contributed by atoms with Gasteiger partial charge in [0, 0.05) is 7.05 Å². The van der Waals surface area contributed by atoms with Crippen molar-refractivity contribution >= 4 is 0 Å². The second-order valence-electron chi connectivity index (χ2n) is 1.21. The molecule has 1 saturated heterocycles. The topological polar surface area (TPSA) is 21.7 Å². The van der Waals surface area contributed by atoms with E-state index < -0.39 is 0 Å². The summed E-state index contributed by atoms with van der Waals surface area (Å²) in [6.45, 7) is 1.01. The first-order valence-electron chi connectivity index (χ1n) is 1.81. The van der Waals surface area contributed by atoms with Crippen LogP contribution < -0.4 is 0 Å². The van der Waals surface area contributed by atoms with E-state index in [2.05, 4.69) is 0 Å². The highest BCUT2D eigenvalue weighted by atomic mass is 16.8. The maximum atomic E-state index is 4.76. The van der Waals surface area contributed by atoms with E-state index >= 15 is 0 Å². The lowest BCUT2D eigenvalue weighted by Gasteiger charge is -1.97. The average molecular weight is 89.1 g/mol. The van der Waals surface area contributed by atoms with Crippen LogP contribution in [-0.4, -0.2) is 25.6 Å². The van der Waals surface area contributed by atoms with Crippen molar-refractivity contribution in [3.63, 3.8) is 0 Å². The maximum absolute atomic E-state index is 4.76. The molecule has 1 aliphatic rings. The first kappa shape index (κ1) is 4.05. The number of rotatable bonds is 0. The number of nitrogens with zero attached hydrogens (tertiary/aromatic N) is 1. The Kier molecular flexibility index (Phi) is 1.05. The molecule has 3 heteroatoms. The van der Waals surface area contributed by atoms with Crippen LogP contribution in [0.4, 0.5) is 0 Å². The second kappa shape index (κ2) is 1.55. The zero-order chi connectivity index (χ0) is 4.41. The molecular formula is C3H7NO2. The minimum absolute atomic E-state index is 0.413. The molecule has 0 atom stereocenters. The second-order valence-corrected chi connectivity index (χ2v) is 1.21. The van der Waals surface area contributed by atoms with Crippen molar-refractivity contribution in [3.8, 4) is 0 Å². The van der Waals surface area contributed by atoms with Gasteiger partial charge in [-0.05, 0) is 0 Å². The Hall–Kier alpha value is -0.120. The molecule has 0 aromatic carbocycles. The molecule has 0 unspecified atom stereocenters. The first-order valence-corrected chi connectivity index (χ1v) is 1.81. The molecular weight excluding hydrogens is 82.0 g/mol. The first-order chi connectivity index (χ1) is 2.89. The van der Waals surface area contributed by atoms with Gasteiger partial charge >= 0.3 is 0 Å². The van der Waals surface area contributed by atoms with E-state index in [1.54, 1.807) is 5.06 Å². The number of hydrogen-bond donors (Lipinski definition) is 0. The van der Waals surface area contributed by atoms with Crippen LogP contribution in [0.1, 0.15) is 0 Å². The van der Waals surface area contributed by atoms with Crippen molar-refractivity contribution in [3.05, 3.63) is 0 Å². The summed E-state index contributed by atoms with van der Waals surface area (Å²) in [5, 5.41) is 1.64. The molecule has 0 amide bonds. The van der Waals surface area contributed by atoms with Crippen LogP contribution in [0.15, 0.2) is 0 Å². The SMILES string of the molecule is CN1COCO1. The summed E-state index contributed by atoms with van der Waals surface area (Å²) >= 11 is 0. The Morgan fingerprint density at radius 2 is 2.50 bits per heavy atom. The summed E-state index contributed by atoms with van der Waals surface area (Å²) in [5.74, 6) is 0. The largest absolute Gasteiger partial charge is 0.336 e. The van der Waals surface area contributed by atoms with Crippen molar-refractivity contribution in [2.45, 2.75) is 0 Å². The van der Waals surface area contributed by atoms with Crippen molar-refractivity contribution in [2.24, 2.45) is 0 Å². The Morgan fingerprint density at radius 1 is 1.67 bits per heavy atom. The monoisotopic (exact) mass is 89.0 g/mol. The summed E-state index contributed by atoms with van der Waals surface area (Å²) < 4.78 is 4.76. The molecule has 0 bridgehead atoms. The predicted octanol–water partition coefficient (Wildman–Crippen LogP) is -0.205. The van der Waals surface area contributed by atoms with E-state index in [-0.39, 0.29) is 0 Å². The van der Waals surface area contributed by atoms with Gasteiger partial charge in [-0.2, -0.15) is 5.06 Å². The third-order valence-electron chi connectivity index (χ3n) is 0.630. The van der Waals surface area contributed by atoms with Gasteiger partial charge in [0.1, 0.15) is 6.73 Å². The highest BCUT2D eigenvalue weighted by molar-refractivity contribution is 4.22. The maximum Gasteiger partial charge on any atom is 0.169 e. The zero-order valence-corrected chi connectivity index (χ0v) is 3.68. The molecule has 1 heterocycles. The van der Waals surface area contributed by atoms with Crippen LogP contribution in [0, 0.1) is 0 Å². The molecule has 0 aliphatic carbocycles. The molecule has 1 rings (SSSR count). The van der Waals surface area contributed by atoms with E-state index in [9.17, 15) is 0 Å². The van der Waals surface area contributed by atoms with E-state index in [1.807, 2.05) is 7.05 Å². The molecule has 0 aromatic rings. The highest BCUT2D eigenvalue weighted by Gasteiger charge is 2.03. The van der Waals surface area contributed by atoms with Gasteiger partial charge in [0.05, 0.1) is 0 Å². The summed E-state index contributed by atoms with van der Waals surface area (Å²) in [5.41, 5.74) is 0. The van der Waals surface area contributed by atoms with Gasteiger partial charge in [-0.1, -0.05) is 0 Å². The lowest BCUT2D eigenvalue weighted by atomic mass is 11.1. The molecule has 0 aromatic heterocycles. The van der Waals surface area contributed by atoms with Crippen LogP contribution >= 0.6 is 0 Å². The van der Waals surface area contributed by atoms with E-state index in [0.717, 1.165) is 0 Å². The van der Waals surface area contributed by atoms with Gasteiger partial charge in [-0.25, -0.2) is 0 Å². The highest BCUT2D eigenvalue weighted by Crippen LogP contribution is 1.93. The fourth-order valence-electron chi connectivity index (χ4n) is 0.330. The molecule has 0 saturated carbocycles. The average Bonchev–Trinajstić information content (AvgIpc) is 1.86. The molecule has 36 valence electrons. The Bertz CT molecular complexity index is 42.1. The molecule has 1 aliphatic heterocycles. The lowest BCUT2D eigenvalue weighted by molar-refractivity contribution is -0.0913. The normalized spacial score (nSPS) is 25.5. The molecule has 0 radical (unpaired) electrons. The number of ether oxygens (including phenoxy) is 1. The van der Waals surface area contributed by atoms with E-state index in [1.165, 1.54) is 0 Å². The van der Waals surface area contributed by atoms with Crippen LogP contribution in [-0.2, 0) is 9.57 Å². The van der Waals surface area contributed by atoms with Crippen molar-refractivity contribution in [1.82, 2.24) is 5.06 Å². The lowest BCUT2D eigenvalue weighted by Crippen LogP contribution is -2.09. The summed E-state index contributed by atoms with van der Waals surface area (Å²) in [7, 11) is 1.83. The zero-order valence-electron chi connectivity index (χ0n) is 3.68. The van der Waals surface area contributed by atoms with Gasteiger partial charge in [-0.15, -0.1) is 0 Å². The van der Waals surface area contributed by atoms with Crippen molar-refractivity contribution in [2.75, 3.05) is 20.6 Å². The molecule has 3 nitrogen and oxygen atoms in total. The fourth-order valence-corrected chi connectivity index (χ4v) is 0.330. The Morgan fingerprint density at radius 3 is 2.67 bits per heavy atom. The van der Waals surface area contributed by atoms with Gasteiger partial charge in [0.2, 0.25) is 0 Å². The number of hydroxylamine groups is 2. The summed E-state index contributed by atoms with van der Waals surface area (Å²) in [6, 6.07) is 0. The third-order valence-corrected chi connectivity index (χ3v) is 0.630.